The first-order chi connectivity index (χ1) is 18.8. The van der Waals surface area contributed by atoms with E-state index in [1.54, 1.807) is 11.8 Å². The number of morpholine rings is 1. The summed E-state index contributed by atoms with van der Waals surface area (Å²) in [4.78, 5) is 36.0. The molecule has 1 N–H and O–H groups in total. The molecule has 10 heteroatoms. The van der Waals surface area contributed by atoms with Gasteiger partial charge in [0.15, 0.2) is 17.3 Å². The minimum atomic E-state index is -0.750. The van der Waals surface area contributed by atoms with Crippen LogP contribution in [-0.4, -0.2) is 84.2 Å². The number of unbranched alkanes of at least 4 members (excludes halogenated alkanes) is 1. The van der Waals surface area contributed by atoms with E-state index in [1.807, 2.05) is 32.0 Å². The van der Waals surface area contributed by atoms with Gasteiger partial charge in [0.1, 0.15) is 0 Å². The van der Waals surface area contributed by atoms with E-state index in [0.717, 1.165) is 37.5 Å². The number of aliphatic hydroxyl groups is 1. The Morgan fingerprint density at radius 2 is 1.90 bits per heavy atom. The van der Waals surface area contributed by atoms with Crippen LogP contribution in [0.15, 0.2) is 29.5 Å². The molecule has 2 aliphatic rings. The van der Waals surface area contributed by atoms with Crippen LogP contribution in [-0.2, 0) is 9.53 Å². The molecule has 1 aromatic heterocycles. The van der Waals surface area contributed by atoms with Gasteiger partial charge in [-0.1, -0.05) is 19.4 Å². The lowest BCUT2D eigenvalue weighted by Crippen LogP contribution is -2.39. The van der Waals surface area contributed by atoms with Crippen LogP contribution in [0.5, 0.6) is 11.5 Å². The van der Waals surface area contributed by atoms with Gasteiger partial charge in [0.2, 0.25) is 5.78 Å². The third kappa shape index (κ3) is 6.62. The van der Waals surface area contributed by atoms with Gasteiger partial charge >= 0.3 is 0 Å². The smallest absolute Gasteiger partial charge is 0.290 e. The summed E-state index contributed by atoms with van der Waals surface area (Å²) in [7, 11) is 0. The number of Topliss-reactive ketones (excluding diaryl/α,β-unsaturated/α-hetero) is 1. The number of ether oxygens (including phenoxy) is 3. The van der Waals surface area contributed by atoms with Gasteiger partial charge in [0.05, 0.1) is 53.6 Å². The summed E-state index contributed by atoms with van der Waals surface area (Å²) in [5, 5.41) is 11.8. The molecule has 9 nitrogen and oxygen atoms in total. The van der Waals surface area contributed by atoms with Crippen LogP contribution in [0, 0.1) is 13.8 Å². The summed E-state index contributed by atoms with van der Waals surface area (Å²) >= 11 is 1.27. The summed E-state index contributed by atoms with van der Waals surface area (Å²) in [6.07, 6.45) is 2.63. The minimum absolute atomic E-state index is 0.0835. The van der Waals surface area contributed by atoms with Gasteiger partial charge in [-0.2, -0.15) is 0 Å². The number of aryl methyl sites for hydroxylation is 2. The third-order valence-electron chi connectivity index (χ3n) is 6.97. The molecule has 1 fully saturated rings. The minimum Gasteiger partial charge on any atom is -0.503 e. The lowest BCUT2D eigenvalue weighted by molar-refractivity contribution is -0.129. The molecule has 1 unspecified atom stereocenters. The number of ketones is 1. The number of thiazole rings is 1. The van der Waals surface area contributed by atoms with Crippen molar-refractivity contribution in [1.29, 1.82) is 0 Å². The molecular formula is C29H39N3O6S. The average Bonchev–Trinajstić information content (AvgIpc) is 3.40. The Kier molecular flexibility index (Phi) is 9.99. The number of aliphatic hydroxyl groups excluding tert-OH is 1. The van der Waals surface area contributed by atoms with E-state index in [1.165, 1.54) is 11.3 Å². The summed E-state index contributed by atoms with van der Waals surface area (Å²) in [5.41, 5.74) is 1.36. The first-order valence-electron chi connectivity index (χ1n) is 13.8. The van der Waals surface area contributed by atoms with Gasteiger partial charge in [-0.25, -0.2) is 4.98 Å². The van der Waals surface area contributed by atoms with Crippen LogP contribution >= 0.6 is 11.3 Å². The second-order valence-electron chi connectivity index (χ2n) is 9.79. The van der Waals surface area contributed by atoms with Gasteiger partial charge < -0.3 is 24.2 Å². The molecule has 1 saturated heterocycles. The molecule has 0 aliphatic carbocycles. The Hall–Kier alpha value is -2.95. The molecule has 1 atom stereocenters. The lowest BCUT2D eigenvalue weighted by Gasteiger charge is -2.30. The maximum atomic E-state index is 13.8. The van der Waals surface area contributed by atoms with Gasteiger partial charge in [-0.15, -0.1) is 11.3 Å². The molecule has 1 amide bonds. The van der Waals surface area contributed by atoms with Crippen molar-refractivity contribution in [3.63, 3.8) is 0 Å². The van der Waals surface area contributed by atoms with Crippen molar-refractivity contribution in [2.75, 3.05) is 52.6 Å². The predicted molar refractivity (Wildman–Crippen MR) is 150 cm³/mol. The predicted octanol–water partition coefficient (Wildman–Crippen LogP) is 4.64. The molecule has 2 aromatic rings. The molecule has 0 radical (unpaired) electrons. The number of carbonyl (C=O) groups excluding carboxylic acids is 2. The number of benzene rings is 1. The van der Waals surface area contributed by atoms with Crippen LogP contribution in [0.3, 0.4) is 0 Å². The first kappa shape index (κ1) is 29.0. The zero-order valence-electron chi connectivity index (χ0n) is 23.3. The zero-order chi connectivity index (χ0) is 27.9. The summed E-state index contributed by atoms with van der Waals surface area (Å²) in [5.74, 6) is -0.235. The molecule has 0 saturated carbocycles. The van der Waals surface area contributed by atoms with E-state index in [-0.39, 0.29) is 11.4 Å². The normalized spacial score (nSPS) is 18.2. The Bertz CT molecular complexity index is 1200. The SMILES string of the molecule is CCCCOc1ccc(C2C(C(=O)c3sc(C)nc3C)=C(O)C(=O)N2CCCN2CCOCC2)cc1OCC. The van der Waals surface area contributed by atoms with Crippen molar-refractivity contribution in [2.45, 2.75) is 53.0 Å². The van der Waals surface area contributed by atoms with E-state index in [2.05, 4.69) is 16.8 Å². The maximum Gasteiger partial charge on any atom is 0.290 e. The quantitative estimate of drug-likeness (QED) is 0.281. The van der Waals surface area contributed by atoms with Crippen LogP contribution in [0.4, 0.5) is 0 Å². The number of amides is 1. The Labute approximate surface area is 234 Å². The van der Waals surface area contributed by atoms with Crippen molar-refractivity contribution in [3.8, 4) is 11.5 Å². The number of carbonyl (C=O) groups is 2. The van der Waals surface area contributed by atoms with Gasteiger partial charge in [-0.3, -0.25) is 14.5 Å². The first-order valence-corrected chi connectivity index (χ1v) is 14.6. The molecule has 3 heterocycles. The fourth-order valence-electron chi connectivity index (χ4n) is 5.03. The van der Waals surface area contributed by atoms with E-state index in [0.29, 0.717) is 67.0 Å². The number of rotatable bonds is 13. The highest BCUT2D eigenvalue weighted by Crippen LogP contribution is 2.42. The Morgan fingerprint density at radius 1 is 1.13 bits per heavy atom. The maximum absolute atomic E-state index is 13.8. The van der Waals surface area contributed by atoms with E-state index < -0.39 is 17.7 Å². The van der Waals surface area contributed by atoms with Gasteiger partial charge in [-0.05, 0) is 51.3 Å². The van der Waals surface area contributed by atoms with Crippen LogP contribution < -0.4 is 9.47 Å². The summed E-state index contributed by atoms with van der Waals surface area (Å²) < 4.78 is 17.3. The Balaban J connectivity index is 1.68. The third-order valence-corrected chi connectivity index (χ3v) is 8.05. The number of nitrogens with zero attached hydrogens (tertiary/aromatic N) is 3. The van der Waals surface area contributed by atoms with Crippen LogP contribution in [0.1, 0.15) is 65.1 Å². The Morgan fingerprint density at radius 3 is 2.56 bits per heavy atom. The van der Waals surface area contributed by atoms with E-state index >= 15 is 0 Å². The molecule has 0 bridgehead atoms. The highest BCUT2D eigenvalue weighted by Gasteiger charge is 2.44. The highest BCUT2D eigenvalue weighted by molar-refractivity contribution is 7.14. The molecule has 1 aromatic carbocycles. The summed E-state index contributed by atoms with van der Waals surface area (Å²) in [6, 6.07) is 4.76. The van der Waals surface area contributed by atoms with Gasteiger partial charge in [0.25, 0.3) is 5.91 Å². The number of aromatic nitrogens is 1. The summed E-state index contributed by atoms with van der Waals surface area (Å²) in [6.45, 7) is 12.9. The van der Waals surface area contributed by atoms with Crippen molar-refractivity contribution in [3.05, 3.63) is 50.7 Å². The molecule has 39 heavy (non-hydrogen) atoms. The monoisotopic (exact) mass is 557 g/mol. The highest BCUT2D eigenvalue weighted by atomic mass is 32.1. The number of hydrogen-bond donors (Lipinski definition) is 1. The second-order valence-corrected chi connectivity index (χ2v) is 11.0. The van der Waals surface area contributed by atoms with E-state index in [4.69, 9.17) is 14.2 Å². The van der Waals surface area contributed by atoms with Crippen molar-refractivity contribution in [2.24, 2.45) is 0 Å². The van der Waals surface area contributed by atoms with Crippen molar-refractivity contribution >= 4 is 23.0 Å². The lowest BCUT2D eigenvalue weighted by atomic mass is 9.94. The van der Waals surface area contributed by atoms with Crippen LogP contribution in [0.25, 0.3) is 0 Å². The van der Waals surface area contributed by atoms with E-state index in [9.17, 15) is 14.7 Å². The van der Waals surface area contributed by atoms with Crippen molar-refractivity contribution in [1.82, 2.24) is 14.8 Å². The largest absolute Gasteiger partial charge is 0.503 e. The molecule has 2 aliphatic heterocycles. The fraction of sp³-hybridized carbons (Fsp3) is 0.552. The van der Waals surface area contributed by atoms with Crippen molar-refractivity contribution < 1.29 is 28.9 Å². The molecule has 212 valence electrons. The molecular weight excluding hydrogens is 518 g/mol. The molecule has 4 rings (SSSR count). The topological polar surface area (TPSA) is 101 Å². The molecule has 0 spiro atoms. The average molecular weight is 558 g/mol. The van der Waals surface area contributed by atoms with Crippen LogP contribution in [0.2, 0.25) is 0 Å². The van der Waals surface area contributed by atoms with Gasteiger partial charge in [0, 0.05) is 26.2 Å². The fourth-order valence-corrected chi connectivity index (χ4v) is 5.90. The standard InChI is InChI=1S/C29H39N3O6S/c1-5-7-15-38-22-10-9-21(18-23(22)37-6-2)25-24(26(33)28-19(3)30-20(4)39-28)27(34)29(35)32(25)12-8-11-31-13-16-36-17-14-31/h9-10,18,25,34H,5-8,11-17H2,1-4H3. The zero-order valence-corrected chi connectivity index (χ0v) is 24.1. The number of hydrogen-bond acceptors (Lipinski definition) is 9. The second kappa shape index (κ2) is 13.4.